The standard InChI is InChI=1S/C12H8Cl2N4O/c1-18-11(8(5-15)6-16-18)17-12(19)7-2-9(13)4-10(14)3-7/h2-4,6H,1H3,(H,17,19). The second-order valence-electron chi connectivity index (χ2n) is 3.75. The maximum absolute atomic E-state index is 12.1. The van der Waals surface area contributed by atoms with Crippen molar-refractivity contribution in [2.45, 2.75) is 0 Å². The van der Waals surface area contributed by atoms with Crippen LogP contribution in [0.25, 0.3) is 0 Å². The molecule has 1 heterocycles. The van der Waals surface area contributed by atoms with Crippen molar-refractivity contribution in [1.29, 1.82) is 5.26 Å². The van der Waals surface area contributed by atoms with Gasteiger partial charge in [0.25, 0.3) is 5.91 Å². The molecule has 0 saturated heterocycles. The predicted molar refractivity (Wildman–Crippen MR) is 72.3 cm³/mol. The van der Waals surface area contributed by atoms with E-state index in [-0.39, 0.29) is 5.56 Å². The van der Waals surface area contributed by atoms with Gasteiger partial charge in [-0.1, -0.05) is 23.2 Å². The number of rotatable bonds is 2. The average Bonchev–Trinajstić information content (AvgIpc) is 2.69. The number of nitriles is 1. The minimum Gasteiger partial charge on any atom is -0.306 e. The van der Waals surface area contributed by atoms with Crippen LogP contribution in [-0.4, -0.2) is 15.7 Å². The first kappa shape index (κ1) is 13.4. The molecule has 0 aliphatic carbocycles. The van der Waals surface area contributed by atoms with E-state index in [1.807, 2.05) is 6.07 Å². The zero-order valence-electron chi connectivity index (χ0n) is 9.82. The number of hydrogen-bond acceptors (Lipinski definition) is 3. The molecule has 7 heteroatoms. The number of hydrogen-bond donors (Lipinski definition) is 1. The second-order valence-corrected chi connectivity index (χ2v) is 4.63. The van der Waals surface area contributed by atoms with Gasteiger partial charge in [-0.15, -0.1) is 0 Å². The van der Waals surface area contributed by atoms with Gasteiger partial charge in [-0.2, -0.15) is 10.4 Å². The third-order valence-electron chi connectivity index (χ3n) is 2.42. The first-order chi connectivity index (χ1) is 9.01. The van der Waals surface area contributed by atoms with Gasteiger partial charge in [0.05, 0.1) is 6.20 Å². The Morgan fingerprint density at radius 2 is 2.00 bits per heavy atom. The van der Waals surface area contributed by atoms with Gasteiger partial charge in [0.2, 0.25) is 0 Å². The molecule has 0 aliphatic rings. The smallest absolute Gasteiger partial charge is 0.256 e. The lowest BCUT2D eigenvalue weighted by Crippen LogP contribution is -2.15. The molecule has 1 aromatic heterocycles. The van der Waals surface area contributed by atoms with E-state index in [2.05, 4.69) is 10.4 Å². The van der Waals surface area contributed by atoms with E-state index >= 15 is 0 Å². The van der Waals surface area contributed by atoms with Gasteiger partial charge in [-0.3, -0.25) is 9.48 Å². The van der Waals surface area contributed by atoms with Gasteiger partial charge in [0.15, 0.2) is 0 Å². The lowest BCUT2D eigenvalue weighted by atomic mass is 10.2. The molecule has 19 heavy (non-hydrogen) atoms. The van der Waals surface area contributed by atoms with Crippen molar-refractivity contribution in [2.75, 3.05) is 5.32 Å². The highest BCUT2D eigenvalue weighted by Gasteiger charge is 2.14. The zero-order valence-corrected chi connectivity index (χ0v) is 11.3. The number of benzene rings is 1. The molecular formula is C12H8Cl2N4O. The van der Waals surface area contributed by atoms with Crippen LogP contribution in [0.5, 0.6) is 0 Å². The van der Waals surface area contributed by atoms with Crippen molar-refractivity contribution in [3.05, 3.63) is 45.6 Å². The van der Waals surface area contributed by atoms with E-state index in [4.69, 9.17) is 28.5 Å². The molecule has 1 amide bonds. The Hall–Kier alpha value is -2.03. The first-order valence-corrected chi connectivity index (χ1v) is 5.96. The Kier molecular flexibility index (Phi) is 3.74. The van der Waals surface area contributed by atoms with Crippen LogP contribution < -0.4 is 5.32 Å². The number of aromatic nitrogens is 2. The lowest BCUT2D eigenvalue weighted by Gasteiger charge is -2.06. The number of aryl methyl sites for hydroxylation is 1. The molecular weight excluding hydrogens is 287 g/mol. The monoisotopic (exact) mass is 294 g/mol. The molecule has 0 atom stereocenters. The third kappa shape index (κ3) is 2.87. The molecule has 5 nitrogen and oxygen atoms in total. The van der Waals surface area contributed by atoms with E-state index < -0.39 is 5.91 Å². The van der Waals surface area contributed by atoms with Crippen LogP contribution in [0.2, 0.25) is 10.0 Å². The van der Waals surface area contributed by atoms with Crippen molar-refractivity contribution in [3.8, 4) is 6.07 Å². The molecule has 0 fully saturated rings. The molecule has 0 aliphatic heterocycles. The summed E-state index contributed by atoms with van der Waals surface area (Å²) in [5, 5.41) is 16.1. The molecule has 0 unspecified atom stereocenters. The van der Waals surface area contributed by atoms with Crippen LogP contribution >= 0.6 is 23.2 Å². The summed E-state index contributed by atoms with van der Waals surface area (Å²) >= 11 is 11.7. The lowest BCUT2D eigenvalue weighted by molar-refractivity contribution is 0.102. The Morgan fingerprint density at radius 1 is 1.37 bits per heavy atom. The Balaban J connectivity index is 2.31. The number of nitrogens with zero attached hydrogens (tertiary/aromatic N) is 3. The van der Waals surface area contributed by atoms with E-state index in [0.29, 0.717) is 21.4 Å². The largest absolute Gasteiger partial charge is 0.306 e. The van der Waals surface area contributed by atoms with Gasteiger partial charge in [-0.05, 0) is 18.2 Å². The van der Waals surface area contributed by atoms with Crippen LogP contribution in [0.15, 0.2) is 24.4 Å². The third-order valence-corrected chi connectivity index (χ3v) is 2.85. The van der Waals surface area contributed by atoms with Crippen molar-refractivity contribution < 1.29 is 4.79 Å². The molecule has 0 radical (unpaired) electrons. The minimum absolute atomic E-state index is 0.281. The molecule has 2 rings (SSSR count). The fraction of sp³-hybridized carbons (Fsp3) is 0.0833. The second kappa shape index (κ2) is 5.31. The Labute approximate surface area is 119 Å². The van der Waals surface area contributed by atoms with Crippen molar-refractivity contribution in [3.63, 3.8) is 0 Å². The highest BCUT2D eigenvalue weighted by molar-refractivity contribution is 6.35. The SMILES string of the molecule is Cn1ncc(C#N)c1NC(=O)c1cc(Cl)cc(Cl)c1. The minimum atomic E-state index is -0.412. The van der Waals surface area contributed by atoms with Crippen LogP contribution in [0, 0.1) is 11.3 Å². The van der Waals surface area contributed by atoms with Gasteiger partial charge in [-0.25, -0.2) is 0 Å². The Morgan fingerprint density at radius 3 is 2.58 bits per heavy atom. The summed E-state index contributed by atoms with van der Waals surface area (Å²) in [7, 11) is 1.63. The predicted octanol–water partition coefficient (Wildman–Crippen LogP) is 2.85. The maximum atomic E-state index is 12.1. The van der Waals surface area contributed by atoms with Crippen molar-refractivity contribution in [2.24, 2.45) is 7.05 Å². The van der Waals surface area contributed by atoms with Crippen molar-refractivity contribution >= 4 is 34.9 Å². The Bertz CT molecular complexity index is 667. The fourth-order valence-electron chi connectivity index (χ4n) is 1.53. The van der Waals surface area contributed by atoms with Gasteiger partial charge in [0.1, 0.15) is 17.5 Å². The number of amides is 1. The van der Waals surface area contributed by atoms with Gasteiger partial charge >= 0.3 is 0 Å². The van der Waals surface area contributed by atoms with Crippen LogP contribution in [0.1, 0.15) is 15.9 Å². The highest BCUT2D eigenvalue weighted by Crippen LogP contribution is 2.20. The molecule has 2 aromatic rings. The van der Waals surface area contributed by atoms with Crippen LogP contribution in [0.3, 0.4) is 0 Å². The van der Waals surface area contributed by atoms with E-state index in [9.17, 15) is 4.79 Å². The molecule has 1 aromatic carbocycles. The summed E-state index contributed by atoms with van der Waals surface area (Å²) in [6.45, 7) is 0. The first-order valence-electron chi connectivity index (χ1n) is 5.21. The van der Waals surface area contributed by atoms with Gasteiger partial charge in [0, 0.05) is 22.7 Å². The molecule has 0 bridgehead atoms. The van der Waals surface area contributed by atoms with Crippen molar-refractivity contribution in [1.82, 2.24) is 9.78 Å². The summed E-state index contributed by atoms with van der Waals surface area (Å²) < 4.78 is 1.41. The molecule has 96 valence electrons. The molecule has 1 N–H and O–H groups in total. The van der Waals surface area contributed by atoms with E-state index in [0.717, 1.165) is 0 Å². The summed E-state index contributed by atoms with van der Waals surface area (Å²) in [5.41, 5.74) is 0.589. The normalized spacial score (nSPS) is 10.0. The quantitative estimate of drug-likeness (QED) is 0.926. The van der Waals surface area contributed by atoms with E-state index in [1.165, 1.54) is 29.1 Å². The number of nitrogens with one attached hydrogen (secondary N) is 1. The fourth-order valence-corrected chi connectivity index (χ4v) is 2.06. The summed E-state index contributed by atoms with van der Waals surface area (Å²) in [6, 6.07) is 6.46. The summed E-state index contributed by atoms with van der Waals surface area (Å²) in [6.07, 6.45) is 1.38. The molecule has 0 spiro atoms. The summed E-state index contributed by atoms with van der Waals surface area (Å²) in [5.74, 6) is -0.0897. The van der Waals surface area contributed by atoms with E-state index in [1.54, 1.807) is 7.05 Å². The topological polar surface area (TPSA) is 70.7 Å². The molecule has 0 saturated carbocycles. The number of anilines is 1. The van der Waals surface area contributed by atoms with Gasteiger partial charge < -0.3 is 5.32 Å². The highest BCUT2D eigenvalue weighted by atomic mass is 35.5. The number of halogens is 2. The van der Waals surface area contributed by atoms with Crippen LogP contribution in [0.4, 0.5) is 5.82 Å². The number of carbonyl (C=O) groups is 1. The average molecular weight is 295 g/mol. The summed E-state index contributed by atoms with van der Waals surface area (Å²) in [4.78, 5) is 12.1. The number of carbonyl (C=O) groups excluding carboxylic acids is 1. The van der Waals surface area contributed by atoms with Crippen LogP contribution in [-0.2, 0) is 7.05 Å². The maximum Gasteiger partial charge on any atom is 0.256 e. The zero-order chi connectivity index (χ0) is 14.0.